The summed E-state index contributed by atoms with van der Waals surface area (Å²) in [4.78, 5) is 64.8. The van der Waals surface area contributed by atoms with Crippen molar-refractivity contribution in [3.8, 4) is 0 Å². The molecule has 10 atom stereocenters. The van der Waals surface area contributed by atoms with Gasteiger partial charge in [0.05, 0.1) is 18.8 Å². The monoisotopic (exact) mass is 885 g/mol. The van der Waals surface area contributed by atoms with E-state index in [9.17, 15) is 24.0 Å². The lowest BCUT2D eigenvalue weighted by atomic mass is 9.96. The number of anilines is 1. The number of ether oxygens (including phenoxy) is 11. The minimum absolute atomic E-state index is 0.0234. The van der Waals surface area contributed by atoms with E-state index in [1.807, 2.05) is 60.7 Å². The number of rotatable bonds is 18. The van der Waals surface area contributed by atoms with Gasteiger partial charge in [0, 0.05) is 33.6 Å². The van der Waals surface area contributed by atoms with E-state index in [4.69, 9.17) is 52.1 Å². The van der Waals surface area contributed by atoms with E-state index in [-0.39, 0.29) is 18.8 Å². The van der Waals surface area contributed by atoms with Crippen molar-refractivity contribution < 1.29 is 76.1 Å². The summed E-state index contributed by atoms with van der Waals surface area (Å²) >= 11 is 0. The Bertz CT molecular complexity index is 2110. The van der Waals surface area contributed by atoms with Crippen molar-refractivity contribution in [3.05, 3.63) is 138 Å². The molecule has 17 nitrogen and oxygen atoms in total. The number of para-hydroxylation sites is 1. The lowest BCUT2D eigenvalue weighted by Gasteiger charge is -2.49. The molecular weight excluding hydrogens is 835 g/mol. The predicted octanol–water partition coefficient (Wildman–Crippen LogP) is 5.54. The zero-order valence-corrected chi connectivity index (χ0v) is 35.7. The number of benzene rings is 4. The lowest BCUT2D eigenvalue weighted by molar-refractivity contribution is -0.362. The van der Waals surface area contributed by atoms with Crippen molar-refractivity contribution in [1.82, 2.24) is 0 Å². The molecule has 6 rings (SSSR count). The molecule has 0 bridgehead atoms. The van der Waals surface area contributed by atoms with Gasteiger partial charge in [0.15, 0.2) is 30.9 Å². The summed E-state index contributed by atoms with van der Waals surface area (Å²) in [5.74, 6) is -2.92. The van der Waals surface area contributed by atoms with Crippen LogP contribution in [0.1, 0.15) is 42.3 Å². The van der Waals surface area contributed by atoms with Gasteiger partial charge in [-0.05, 0) is 35.4 Å². The number of hydrogen-bond donors (Lipinski definition) is 1. The normalized spacial score (nSPS) is 25.2. The molecule has 4 aromatic carbocycles. The predicted molar refractivity (Wildman–Crippen MR) is 224 cm³/mol. The molecule has 340 valence electrons. The van der Waals surface area contributed by atoms with E-state index in [2.05, 4.69) is 5.32 Å². The molecule has 2 aliphatic rings. The number of hydrogen-bond acceptors (Lipinski definition) is 16. The summed E-state index contributed by atoms with van der Waals surface area (Å²) in [6, 6.07) is 35.3. The first-order valence-corrected chi connectivity index (χ1v) is 20.5. The van der Waals surface area contributed by atoms with Crippen LogP contribution in [0.5, 0.6) is 0 Å². The van der Waals surface area contributed by atoms with Crippen LogP contribution in [0.3, 0.4) is 0 Å². The lowest BCUT2D eigenvalue weighted by Crippen LogP contribution is -2.67. The smallest absolute Gasteiger partial charge is 0.412 e. The second-order valence-electron chi connectivity index (χ2n) is 14.7. The van der Waals surface area contributed by atoms with Crippen LogP contribution in [-0.4, -0.2) is 112 Å². The van der Waals surface area contributed by atoms with Gasteiger partial charge in [-0.3, -0.25) is 19.7 Å². The molecule has 2 aliphatic heterocycles. The maximum atomic E-state index is 13.9. The van der Waals surface area contributed by atoms with Gasteiger partial charge in [-0.25, -0.2) is 9.59 Å². The summed E-state index contributed by atoms with van der Waals surface area (Å²) in [7, 11) is 1.28. The highest BCUT2D eigenvalue weighted by atomic mass is 16.8. The summed E-state index contributed by atoms with van der Waals surface area (Å²) in [6.45, 7) is 2.57. The molecule has 0 radical (unpaired) electrons. The van der Waals surface area contributed by atoms with E-state index in [1.54, 1.807) is 60.7 Å². The van der Waals surface area contributed by atoms with Crippen molar-refractivity contribution in [3.63, 3.8) is 0 Å². The van der Waals surface area contributed by atoms with Gasteiger partial charge >= 0.3 is 30.0 Å². The van der Waals surface area contributed by atoms with Crippen LogP contribution in [0.25, 0.3) is 0 Å². The Balaban J connectivity index is 1.45. The van der Waals surface area contributed by atoms with Crippen LogP contribution in [0, 0.1) is 0 Å². The average Bonchev–Trinajstić information content (AvgIpc) is 3.29. The molecule has 2 fully saturated rings. The van der Waals surface area contributed by atoms with Crippen molar-refractivity contribution in [2.75, 3.05) is 25.6 Å². The Hall–Kier alpha value is -6.21. The van der Waals surface area contributed by atoms with Crippen LogP contribution < -0.4 is 5.32 Å². The van der Waals surface area contributed by atoms with Gasteiger partial charge in [-0.2, -0.15) is 0 Å². The van der Waals surface area contributed by atoms with E-state index in [1.165, 1.54) is 14.0 Å². The van der Waals surface area contributed by atoms with E-state index >= 15 is 0 Å². The maximum Gasteiger partial charge on any atom is 0.412 e. The first kappa shape index (κ1) is 47.3. The molecule has 17 heteroatoms. The molecule has 2 saturated heterocycles. The Morgan fingerprint density at radius 1 is 0.516 bits per heavy atom. The van der Waals surface area contributed by atoms with Crippen molar-refractivity contribution in [2.24, 2.45) is 0 Å². The van der Waals surface area contributed by atoms with Crippen LogP contribution in [-0.2, 0) is 79.7 Å². The number of amides is 1. The molecule has 0 saturated carbocycles. The second-order valence-corrected chi connectivity index (χ2v) is 14.7. The van der Waals surface area contributed by atoms with Gasteiger partial charge in [0.2, 0.25) is 0 Å². The van der Waals surface area contributed by atoms with E-state index in [0.29, 0.717) is 5.69 Å². The Morgan fingerprint density at radius 3 is 1.56 bits per heavy atom. The highest BCUT2D eigenvalue weighted by molar-refractivity contribution is 5.89. The number of carbonyl (C=O) groups excluding carboxylic acids is 5. The van der Waals surface area contributed by atoms with E-state index in [0.717, 1.165) is 25.0 Å². The fraction of sp³-hybridized carbons (Fsp3) is 0.383. The van der Waals surface area contributed by atoms with Crippen molar-refractivity contribution in [1.29, 1.82) is 0 Å². The maximum absolute atomic E-state index is 13.9. The zero-order chi connectivity index (χ0) is 45.4. The minimum Gasteiger partial charge on any atom is -0.463 e. The number of esters is 4. The number of carbonyl (C=O) groups is 5. The molecule has 4 aromatic rings. The van der Waals surface area contributed by atoms with E-state index < -0.39 is 105 Å². The quantitative estimate of drug-likeness (QED) is 0.0964. The fourth-order valence-corrected chi connectivity index (χ4v) is 7.14. The van der Waals surface area contributed by atoms with Gasteiger partial charge < -0.3 is 52.1 Å². The highest BCUT2D eigenvalue weighted by Gasteiger charge is 2.56. The van der Waals surface area contributed by atoms with Crippen LogP contribution in [0.15, 0.2) is 121 Å². The molecule has 1 N–H and O–H groups in total. The zero-order valence-electron chi connectivity index (χ0n) is 35.7. The fourth-order valence-electron chi connectivity index (χ4n) is 7.14. The molecular formula is C47H51NO16. The highest BCUT2D eigenvalue weighted by Crippen LogP contribution is 2.36. The third-order valence-electron chi connectivity index (χ3n) is 9.98. The molecule has 0 spiro atoms. The molecule has 0 unspecified atom stereocenters. The molecule has 2 heterocycles. The van der Waals surface area contributed by atoms with Gasteiger partial charge in [0.25, 0.3) is 0 Å². The average molecular weight is 886 g/mol. The Kier molecular flexibility index (Phi) is 17.3. The van der Waals surface area contributed by atoms with Crippen molar-refractivity contribution >= 4 is 35.7 Å². The summed E-state index contributed by atoms with van der Waals surface area (Å²) in [6.07, 6.45) is -14.7. The molecule has 0 aromatic heterocycles. The molecule has 1 amide bonds. The summed E-state index contributed by atoms with van der Waals surface area (Å²) in [5, 5.41) is 2.70. The SMILES string of the molecule is CO[C@H]1O[C@H](COC(C)=O)[C@@H](O[C@@H]2O[C@H](COC(=O)c3ccccc3)[C@@H](OCc3ccccc3)[C@H](OCc3ccccc3)[C@H]2OC(=O)Nc2ccccc2)[C@H](OC(C)=O)[C@H]1OC(C)=O. The Labute approximate surface area is 370 Å². The molecule has 0 aliphatic carbocycles. The van der Waals surface area contributed by atoms with Gasteiger partial charge in [0.1, 0.15) is 43.7 Å². The van der Waals surface area contributed by atoms with Gasteiger partial charge in [-0.15, -0.1) is 0 Å². The first-order valence-electron chi connectivity index (χ1n) is 20.5. The van der Waals surface area contributed by atoms with Crippen LogP contribution >= 0.6 is 0 Å². The van der Waals surface area contributed by atoms with Gasteiger partial charge in [-0.1, -0.05) is 97.1 Å². The van der Waals surface area contributed by atoms with Crippen LogP contribution in [0.4, 0.5) is 10.5 Å². The Morgan fingerprint density at radius 2 is 1.00 bits per heavy atom. The third-order valence-corrected chi connectivity index (χ3v) is 9.98. The second kappa shape index (κ2) is 23.5. The number of nitrogens with one attached hydrogen (secondary N) is 1. The number of methoxy groups -OCH3 is 1. The molecule has 64 heavy (non-hydrogen) atoms. The summed E-state index contributed by atoms with van der Waals surface area (Å²) in [5.41, 5.74) is 2.20. The standard InChI is InChI=1S/C47H51NO16/c1-29(49)55-27-37-39(41(59-30(2)50)43(60-31(3)51)45(54-4)61-37)63-46-42(64-47(53)48-35-23-15-8-16-24-35)40(57-26-33-19-11-6-12-20-33)38(56-25-32-17-9-5-10-18-32)36(62-46)28-58-44(52)34-21-13-7-14-22-34/h5-24,36-43,45-46H,25-28H2,1-4H3,(H,48,53)/t36-,37-,38-,39-,40+,41+,42-,43-,45+,46+/m1/s1. The van der Waals surface area contributed by atoms with Crippen LogP contribution in [0.2, 0.25) is 0 Å². The summed E-state index contributed by atoms with van der Waals surface area (Å²) < 4.78 is 67.1. The minimum atomic E-state index is -1.68. The largest absolute Gasteiger partial charge is 0.463 e. The third kappa shape index (κ3) is 13.4. The first-order chi connectivity index (χ1) is 31.0. The topological polar surface area (TPSA) is 199 Å². The van der Waals surface area contributed by atoms with Crippen molar-refractivity contribution in [2.45, 2.75) is 95.4 Å².